The number of carbonyl (C=O) groups is 1. The van der Waals surface area contributed by atoms with Gasteiger partial charge in [0.2, 0.25) is 0 Å². The van der Waals surface area contributed by atoms with Gasteiger partial charge in [-0.2, -0.15) is 0 Å². The van der Waals surface area contributed by atoms with Gasteiger partial charge < -0.3 is 9.84 Å². The molecule has 3 aromatic rings. The number of benzene rings is 2. The second-order valence-corrected chi connectivity index (χ2v) is 5.04. The highest BCUT2D eigenvalue weighted by molar-refractivity contribution is 5.86. The summed E-state index contributed by atoms with van der Waals surface area (Å²) in [6.45, 7) is 2.02. The maximum absolute atomic E-state index is 11.4. The fourth-order valence-electron chi connectivity index (χ4n) is 2.23. The summed E-state index contributed by atoms with van der Waals surface area (Å²) in [6.07, 6.45) is 0. The van der Waals surface area contributed by atoms with Crippen LogP contribution in [-0.2, 0) is 6.61 Å². The number of ether oxygens (including phenoxy) is 1. The van der Waals surface area contributed by atoms with Gasteiger partial charge in [-0.1, -0.05) is 35.5 Å². The molecule has 2 aromatic carbocycles. The summed E-state index contributed by atoms with van der Waals surface area (Å²) in [5, 5.41) is 17.0. The van der Waals surface area contributed by atoms with Gasteiger partial charge >= 0.3 is 5.97 Å². The molecule has 23 heavy (non-hydrogen) atoms. The molecule has 116 valence electrons. The van der Waals surface area contributed by atoms with E-state index in [1.54, 1.807) is 12.1 Å². The number of rotatable bonds is 5. The van der Waals surface area contributed by atoms with Gasteiger partial charge in [-0.3, -0.25) is 0 Å². The smallest absolute Gasteiger partial charge is 0.358 e. The van der Waals surface area contributed by atoms with E-state index in [0.29, 0.717) is 11.4 Å². The molecule has 0 amide bonds. The molecular formula is C17H15N3O3. The molecule has 0 saturated heterocycles. The number of aromatic nitrogens is 3. The number of carboxylic acid groups (broad SMARTS) is 1. The summed E-state index contributed by atoms with van der Waals surface area (Å²) in [7, 11) is 0. The van der Waals surface area contributed by atoms with Gasteiger partial charge in [-0.15, -0.1) is 5.10 Å². The molecule has 0 bridgehead atoms. The molecule has 0 radical (unpaired) electrons. The van der Waals surface area contributed by atoms with E-state index >= 15 is 0 Å². The van der Waals surface area contributed by atoms with Crippen LogP contribution in [0.4, 0.5) is 0 Å². The Balaban J connectivity index is 1.96. The predicted octanol–water partition coefficient (Wildman–Crippen LogP) is 2.85. The second-order valence-electron chi connectivity index (χ2n) is 5.04. The van der Waals surface area contributed by atoms with Crippen molar-refractivity contribution in [3.8, 4) is 11.4 Å². The van der Waals surface area contributed by atoms with Gasteiger partial charge in [0.1, 0.15) is 18.1 Å². The molecule has 0 fully saturated rings. The molecule has 0 unspecified atom stereocenters. The first-order valence-corrected chi connectivity index (χ1v) is 7.08. The molecular weight excluding hydrogens is 294 g/mol. The zero-order valence-corrected chi connectivity index (χ0v) is 12.5. The van der Waals surface area contributed by atoms with Crippen LogP contribution in [0.3, 0.4) is 0 Å². The third kappa shape index (κ3) is 3.21. The van der Waals surface area contributed by atoms with E-state index in [0.717, 1.165) is 11.3 Å². The van der Waals surface area contributed by atoms with Crippen molar-refractivity contribution in [3.05, 3.63) is 71.5 Å². The minimum absolute atomic E-state index is 0.0621. The van der Waals surface area contributed by atoms with Crippen LogP contribution in [0, 0.1) is 6.92 Å². The lowest BCUT2D eigenvalue weighted by Crippen LogP contribution is -2.10. The summed E-state index contributed by atoms with van der Waals surface area (Å²) < 4.78 is 7.17. The van der Waals surface area contributed by atoms with Crippen LogP contribution in [0.25, 0.3) is 5.69 Å². The van der Waals surface area contributed by atoms with E-state index in [9.17, 15) is 9.90 Å². The summed E-state index contributed by atoms with van der Waals surface area (Å²) in [4.78, 5) is 11.4. The molecule has 3 rings (SSSR count). The Hall–Kier alpha value is -3.15. The van der Waals surface area contributed by atoms with Crippen molar-refractivity contribution in [1.29, 1.82) is 0 Å². The van der Waals surface area contributed by atoms with Gasteiger partial charge in [-0.25, -0.2) is 9.48 Å². The van der Waals surface area contributed by atoms with E-state index in [-0.39, 0.29) is 12.3 Å². The first-order chi connectivity index (χ1) is 11.1. The van der Waals surface area contributed by atoms with Crippen molar-refractivity contribution < 1.29 is 14.6 Å². The van der Waals surface area contributed by atoms with Crippen LogP contribution in [0.15, 0.2) is 54.6 Å². The van der Waals surface area contributed by atoms with Crippen LogP contribution >= 0.6 is 0 Å². The normalized spacial score (nSPS) is 10.5. The maximum Gasteiger partial charge on any atom is 0.358 e. The van der Waals surface area contributed by atoms with Crippen LogP contribution < -0.4 is 4.74 Å². The van der Waals surface area contributed by atoms with E-state index in [2.05, 4.69) is 10.3 Å². The molecule has 1 aromatic heterocycles. The fourth-order valence-corrected chi connectivity index (χ4v) is 2.23. The summed E-state index contributed by atoms with van der Waals surface area (Å²) in [5.41, 5.74) is 2.08. The van der Waals surface area contributed by atoms with Crippen molar-refractivity contribution in [3.63, 3.8) is 0 Å². The van der Waals surface area contributed by atoms with E-state index in [1.165, 1.54) is 4.68 Å². The molecule has 6 nitrogen and oxygen atoms in total. The maximum atomic E-state index is 11.4. The fraction of sp³-hybridized carbons (Fsp3) is 0.118. The number of aromatic carboxylic acids is 1. The lowest BCUT2D eigenvalue weighted by Gasteiger charge is -2.09. The molecule has 1 N–H and O–H groups in total. The van der Waals surface area contributed by atoms with Crippen LogP contribution in [-0.4, -0.2) is 26.1 Å². The van der Waals surface area contributed by atoms with E-state index in [4.69, 9.17) is 4.74 Å². The number of carboxylic acids is 1. The number of nitrogens with zero attached hydrogens (tertiary/aromatic N) is 3. The third-order valence-electron chi connectivity index (χ3n) is 3.33. The summed E-state index contributed by atoms with van der Waals surface area (Å²) >= 11 is 0. The summed E-state index contributed by atoms with van der Waals surface area (Å²) in [6, 6.07) is 16.8. The second kappa shape index (κ2) is 6.31. The van der Waals surface area contributed by atoms with Gasteiger partial charge in [0.15, 0.2) is 5.69 Å². The first kappa shape index (κ1) is 14.8. The Kier molecular flexibility index (Phi) is 4.05. The topological polar surface area (TPSA) is 77.2 Å². The zero-order chi connectivity index (χ0) is 16.2. The zero-order valence-electron chi connectivity index (χ0n) is 12.5. The Labute approximate surface area is 133 Å². The van der Waals surface area contributed by atoms with Crippen LogP contribution in [0.1, 0.15) is 21.7 Å². The molecule has 0 aliphatic heterocycles. The predicted molar refractivity (Wildman–Crippen MR) is 83.8 cm³/mol. The Morgan fingerprint density at radius 1 is 1.17 bits per heavy atom. The Morgan fingerprint density at radius 2 is 1.96 bits per heavy atom. The van der Waals surface area contributed by atoms with E-state index < -0.39 is 5.97 Å². The molecule has 0 aliphatic rings. The van der Waals surface area contributed by atoms with Gasteiger partial charge in [0.25, 0.3) is 0 Å². The Bertz CT molecular complexity index is 828. The molecule has 1 heterocycles. The first-order valence-electron chi connectivity index (χ1n) is 7.08. The van der Waals surface area contributed by atoms with Crippen molar-refractivity contribution in [2.24, 2.45) is 0 Å². The highest BCUT2D eigenvalue weighted by Gasteiger charge is 2.20. The number of hydrogen-bond acceptors (Lipinski definition) is 4. The summed E-state index contributed by atoms with van der Waals surface area (Å²) in [5.74, 6) is -0.476. The minimum atomic E-state index is -1.13. The molecule has 0 spiro atoms. The molecule has 0 aliphatic carbocycles. The number of para-hydroxylation sites is 1. The minimum Gasteiger partial charge on any atom is -0.487 e. The van der Waals surface area contributed by atoms with Crippen molar-refractivity contribution >= 4 is 5.97 Å². The average molecular weight is 309 g/mol. The van der Waals surface area contributed by atoms with Crippen molar-refractivity contribution in [1.82, 2.24) is 15.0 Å². The van der Waals surface area contributed by atoms with Gasteiger partial charge in [0.05, 0.1) is 5.69 Å². The highest BCUT2D eigenvalue weighted by atomic mass is 16.5. The lowest BCUT2D eigenvalue weighted by atomic mass is 10.2. The number of aryl methyl sites for hydroxylation is 1. The van der Waals surface area contributed by atoms with Crippen molar-refractivity contribution in [2.75, 3.05) is 0 Å². The molecule has 0 atom stereocenters. The van der Waals surface area contributed by atoms with Gasteiger partial charge in [0, 0.05) is 0 Å². The number of hydrogen-bond donors (Lipinski definition) is 1. The van der Waals surface area contributed by atoms with Crippen molar-refractivity contribution in [2.45, 2.75) is 13.5 Å². The van der Waals surface area contributed by atoms with E-state index in [1.807, 2.05) is 49.4 Å². The van der Waals surface area contributed by atoms with Crippen LogP contribution in [0.5, 0.6) is 5.75 Å². The SMILES string of the molecule is Cc1cccc(-n2nnc(C(=O)O)c2COc2ccccc2)c1. The lowest BCUT2D eigenvalue weighted by molar-refractivity contribution is 0.0687. The van der Waals surface area contributed by atoms with Crippen LogP contribution in [0.2, 0.25) is 0 Å². The Morgan fingerprint density at radius 3 is 2.65 bits per heavy atom. The quantitative estimate of drug-likeness (QED) is 0.784. The largest absolute Gasteiger partial charge is 0.487 e. The monoisotopic (exact) mass is 309 g/mol. The third-order valence-corrected chi connectivity index (χ3v) is 3.33. The van der Waals surface area contributed by atoms with Gasteiger partial charge in [-0.05, 0) is 36.8 Å². The molecule has 0 saturated carbocycles. The molecule has 6 heteroatoms. The average Bonchev–Trinajstić information content (AvgIpc) is 2.98. The highest BCUT2D eigenvalue weighted by Crippen LogP contribution is 2.17. The standard InChI is InChI=1S/C17H15N3O3/c1-12-6-5-7-13(10-12)20-15(16(17(21)22)18-19-20)11-23-14-8-3-2-4-9-14/h2-10H,11H2,1H3,(H,21,22).